The highest BCUT2D eigenvalue weighted by atomic mass is 19.1. The van der Waals surface area contributed by atoms with E-state index in [1.165, 1.54) is 6.07 Å². The van der Waals surface area contributed by atoms with E-state index in [-0.39, 0.29) is 11.7 Å². The average molecular weight is 320 g/mol. The van der Waals surface area contributed by atoms with Crippen LogP contribution in [0.15, 0.2) is 24.3 Å². The van der Waals surface area contributed by atoms with Gasteiger partial charge in [0.25, 0.3) is 0 Å². The lowest BCUT2D eigenvalue weighted by Crippen LogP contribution is -2.45. The van der Waals surface area contributed by atoms with Crippen molar-refractivity contribution in [2.75, 3.05) is 32.7 Å². The molecule has 1 heterocycles. The molecule has 0 radical (unpaired) electrons. The minimum atomic E-state index is -0.113. The maximum atomic E-state index is 13.7. The predicted molar refractivity (Wildman–Crippen MR) is 91.8 cm³/mol. The number of carbonyl (C=O) groups is 1. The molecule has 0 bridgehead atoms. The van der Waals surface area contributed by atoms with Crippen LogP contribution in [-0.4, -0.2) is 48.4 Å². The van der Waals surface area contributed by atoms with Gasteiger partial charge >= 0.3 is 0 Å². The molecular weight excluding hydrogens is 291 g/mol. The fourth-order valence-corrected chi connectivity index (χ4v) is 3.33. The lowest BCUT2D eigenvalue weighted by molar-refractivity contribution is -0.134. The Morgan fingerprint density at radius 1 is 1.30 bits per heavy atom. The zero-order valence-electron chi connectivity index (χ0n) is 14.4. The van der Waals surface area contributed by atoms with Gasteiger partial charge in [-0.05, 0) is 56.3 Å². The van der Waals surface area contributed by atoms with Crippen LogP contribution in [0.1, 0.15) is 38.7 Å². The molecule has 3 nitrogen and oxygen atoms in total. The molecule has 2 rings (SSSR count). The van der Waals surface area contributed by atoms with Crippen LogP contribution >= 0.6 is 0 Å². The Labute approximate surface area is 139 Å². The molecule has 1 atom stereocenters. The van der Waals surface area contributed by atoms with Crippen LogP contribution in [-0.2, 0) is 11.2 Å². The standard InChI is InChI=1S/C19H29FN2O/c1-3-21(4-2)15-19(23)22-13-7-8-16(14-22)11-12-17-9-5-6-10-18(17)20/h5-6,9-10,16H,3-4,7-8,11-15H2,1-2H3/t16-/m0/s1. The van der Waals surface area contributed by atoms with Gasteiger partial charge in [-0.15, -0.1) is 0 Å². The largest absolute Gasteiger partial charge is 0.341 e. The lowest BCUT2D eigenvalue weighted by atomic mass is 9.91. The highest BCUT2D eigenvalue weighted by Gasteiger charge is 2.24. The molecule has 1 aliphatic rings. The molecule has 4 heteroatoms. The van der Waals surface area contributed by atoms with Crippen molar-refractivity contribution >= 4 is 5.91 Å². The molecule has 23 heavy (non-hydrogen) atoms. The van der Waals surface area contributed by atoms with E-state index < -0.39 is 0 Å². The van der Waals surface area contributed by atoms with Gasteiger partial charge in [0.1, 0.15) is 5.82 Å². The molecule has 128 valence electrons. The summed E-state index contributed by atoms with van der Waals surface area (Å²) in [6.07, 6.45) is 3.92. The van der Waals surface area contributed by atoms with Crippen molar-refractivity contribution in [3.63, 3.8) is 0 Å². The highest BCUT2D eigenvalue weighted by Crippen LogP contribution is 2.22. The second-order valence-electron chi connectivity index (χ2n) is 6.44. The van der Waals surface area contributed by atoms with E-state index in [9.17, 15) is 9.18 Å². The van der Waals surface area contributed by atoms with Crippen molar-refractivity contribution in [2.45, 2.75) is 39.5 Å². The Hall–Kier alpha value is -1.42. The number of amides is 1. The van der Waals surface area contributed by atoms with Crippen molar-refractivity contribution in [2.24, 2.45) is 5.92 Å². The van der Waals surface area contributed by atoms with Gasteiger partial charge in [0.15, 0.2) is 0 Å². The number of carbonyl (C=O) groups excluding carboxylic acids is 1. The summed E-state index contributed by atoms with van der Waals surface area (Å²) in [4.78, 5) is 16.6. The number of hydrogen-bond acceptors (Lipinski definition) is 2. The first-order chi connectivity index (χ1) is 11.1. The van der Waals surface area contributed by atoms with Crippen LogP contribution in [0.5, 0.6) is 0 Å². The van der Waals surface area contributed by atoms with E-state index in [0.717, 1.165) is 57.4 Å². The third-order valence-electron chi connectivity index (χ3n) is 4.90. The summed E-state index contributed by atoms with van der Waals surface area (Å²) in [6.45, 7) is 8.21. The molecule has 0 N–H and O–H groups in total. The van der Waals surface area contributed by atoms with Crippen molar-refractivity contribution in [1.82, 2.24) is 9.80 Å². The fourth-order valence-electron chi connectivity index (χ4n) is 3.33. The fraction of sp³-hybridized carbons (Fsp3) is 0.632. The third kappa shape index (κ3) is 5.31. The Kier molecular flexibility index (Phi) is 7.03. The number of hydrogen-bond donors (Lipinski definition) is 0. The number of nitrogens with zero attached hydrogens (tertiary/aromatic N) is 2. The van der Waals surface area contributed by atoms with E-state index in [1.54, 1.807) is 6.07 Å². The first-order valence-corrected chi connectivity index (χ1v) is 8.87. The molecule has 1 fully saturated rings. The van der Waals surface area contributed by atoms with Crippen LogP contribution in [0.25, 0.3) is 0 Å². The van der Waals surface area contributed by atoms with Gasteiger partial charge in [-0.2, -0.15) is 0 Å². The summed E-state index contributed by atoms with van der Waals surface area (Å²) in [6, 6.07) is 7.00. The number of rotatable bonds is 7. The Morgan fingerprint density at radius 3 is 2.74 bits per heavy atom. The van der Waals surface area contributed by atoms with Gasteiger partial charge in [0, 0.05) is 13.1 Å². The molecule has 1 amide bonds. The van der Waals surface area contributed by atoms with E-state index in [1.807, 2.05) is 17.0 Å². The van der Waals surface area contributed by atoms with Gasteiger partial charge in [-0.3, -0.25) is 9.69 Å². The molecule has 0 saturated carbocycles. The number of aryl methyl sites for hydroxylation is 1. The number of benzene rings is 1. The van der Waals surface area contributed by atoms with Crippen LogP contribution in [0.3, 0.4) is 0 Å². The summed E-state index contributed by atoms with van der Waals surface area (Å²) in [5.41, 5.74) is 0.791. The summed E-state index contributed by atoms with van der Waals surface area (Å²) < 4.78 is 13.7. The van der Waals surface area contributed by atoms with Gasteiger partial charge < -0.3 is 4.90 Å². The first kappa shape index (κ1) is 17.9. The summed E-state index contributed by atoms with van der Waals surface area (Å²) in [5.74, 6) is 0.617. The van der Waals surface area contributed by atoms with Crippen LogP contribution < -0.4 is 0 Å². The predicted octanol–water partition coefficient (Wildman–Crippen LogP) is 3.34. The summed E-state index contributed by atoms with van der Waals surface area (Å²) in [7, 11) is 0. The number of piperidine rings is 1. The minimum absolute atomic E-state index is 0.113. The zero-order valence-corrected chi connectivity index (χ0v) is 14.4. The third-order valence-corrected chi connectivity index (χ3v) is 4.90. The molecule has 1 saturated heterocycles. The number of likely N-dealkylation sites (N-methyl/N-ethyl adjacent to an activating group) is 1. The average Bonchev–Trinajstić information content (AvgIpc) is 2.59. The van der Waals surface area contributed by atoms with Crippen LogP contribution in [0.2, 0.25) is 0 Å². The van der Waals surface area contributed by atoms with Crippen LogP contribution in [0, 0.1) is 11.7 Å². The summed E-state index contributed by atoms with van der Waals surface area (Å²) in [5, 5.41) is 0. The minimum Gasteiger partial charge on any atom is -0.341 e. The quantitative estimate of drug-likeness (QED) is 0.769. The Balaban J connectivity index is 1.83. The zero-order chi connectivity index (χ0) is 16.7. The maximum Gasteiger partial charge on any atom is 0.236 e. The van der Waals surface area contributed by atoms with Crippen LogP contribution in [0.4, 0.5) is 4.39 Å². The molecule has 0 spiro atoms. The highest BCUT2D eigenvalue weighted by molar-refractivity contribution is 5.78. The first-order valence-electron chi connectivity index (χ1n) is 8.87. The van der Waals surface area contributed by atoms with E-state index in [0.29, 0.717) is 12.5 Å². The van der Waals surface area contributed by atoms with E-state index >= 15 is 0 Å². The topological polar surface area (TPSA) is 23.6 Å². The summed E-state index contributed by atoms with van der Waals surface area (Å²) >= 11 is 0. The SMILES string of the molecule is CCN(CC)CC(=O)N1CCC[C@@H](CCc2ccccc2F)C1. The van der Waals surface area contributed by atoms with E-state index in [4.69, 9.17) is 0 Å². The lowest BCUT2D eigenvalue weighted by Gasteiger charge is -2.34. The number of likely N-dealkylation sites (tertiary alicyclic amines) is 1. The smallest absolute Gasteiger partial charge is 0.236 e. The molecule has 0 aliphatic carbocycles. The van der Waals surface area contributed by atoms with Gasteiger partial charge in [0.05, 0.1) is 6.54 Å². The van der Waals surface area contributed by atoms with Crippen molar-refractivity contribution < 1.29 is 9.18 Å². The Bertz CT molecular complexity index is 502. The van der Waals surface area contributed by atoms with Gasteiger partial charge in [-0.25, -0.2) is 4.39 Å². The van der Waals surface area contributed by atoms with Crippen molar-refractivity contribution in [1.29, 1.82) is 0 Å². The normalized spacial score (nSPS) is 18.4. The molecule has 1 aromatic carbocycles. The molecule has 1 aliphatic heterocycles. The molecule has 0 unspecified atom stereocenters. The molecule has 0 aromatic heterocycles. The Morgan fingerprint density at radius 2 is 2.04 bits per heavy atom. The number of halogens is 1. The van der Waals surface area contributed by atoms with Crippen molar-refractivity contribution in [3.05, 3.63) is 35.6 Å². The van der Waals surface area contributed by atoms with E-state index in [2.05, 4.69) is 18.7 Å². The van der Waals surface area contributed by atoms with Gasteiger partial charge in [-0.1, -0.05) is 32.0 Å². The van der Waals surface area contributed by atoms with Crippen molar-refractivity contribution in [3.8, 4) is 0 Å². The van der Waals surface area contributed by atoms with Gasteiger partial charge in [0.2, 0.25) is 5.91 Å². The molecular formula is C19H29FN2O. The maximum absolute atomic E-state index is 13.7. The monoisotopic (exact) mass is 320 g/mol. The second kappa shape index (κ2) is 9.02. The second-order valence-corrected chi connectivity index (χ2v) is 6.44. The molecule has 1 aromatic rings.